The summed E-state index contributed by atoms with van der Waals surface area (Å²) in [6, 6.07) is 9.88. The molecule has 2 heterocycles. The molecule has 0 aliphatic heterocycles. The maximum atomic E-state index is 11.8. The van der Waals surface area contributed by atoms with Gasteiger partial charge in [-0.1, -0.05) is 19.4 Å². The van der Waals surface area contributed by atoms with Crippen LogP contribution in [0.5, 0.6) is 11.5 Å². The molecule has 0 aliphatic rings. The molecule has 0 fully saturated rings. The van der Waals surface area contributed by atoms with E-state index in [4.69, 9.17) is 18.9 Å². The molecule has 0 atom stereocenters. The molecule has 6 nitrogen and oxygen atoms in total. The molecule has 2 aromatic carbocycles. The van der Waals surface area contributed by atoms with Gasteiger partial charge in [0.25, 0.3) is 0 Å². The smallest absolute Gasteiger partial charge is 0.419 e. The van der Waals surface area contributed by atoms with Crippen molar-refractivity contribution in [1.82, 2.24) is 9.55 Å². The number of ether oxygens (including phenoxy) is 2. The van der Waals surface area contributed by atoms with Crippen molar-refractivity contribution >= 4 is 21.9 Å². The molecule has 150 valence electrons. The van der Waals surface area contributed by atoms with Crippen LogP contribution in [0.25, 0.3) is 21.9 Å². The number of aromatic nitrogens is 2. The van der Waals surface area contributed by atoms with Crippen LogP contribution in [0.4, 0.5) is 0 Å². The Kier molecular flexibility index (Phi) is 5.01. The second-order valence-corrected chi connectivity index (χ2v) is 7.14. The molecule has 0 N–H and O–H groups in total. The van der Waals surface area contributed by atoms with E-state index >= 15 is 0 Å². The van der Waals surface area contributed by atoms with E-state index in [1.807, 2.05) is 36.5 Å². The van der Waals surface area contributed by atoms with Gasteiger partial charge in [0.05, 0.1) is 19.7 Å². The third-order valence-corrected chi connectivity index (χ3v) is 5.29. The van der Waals surface area contributed by atoms with E-state index in [-0.39, 0.29) is 5.76 Å². The fourth-order valence-corrected chi connectivity index (χ4v) is 3.76. The molecule has 0 bridgehead atoms. The highest BCUT2D eigenvalue weighted by atomic mass is 16.5. The molecule has 0 aliphatic carbocycles. The first-order valence-corrected chi connectivity index (χ1v) is 9.66. The van der Waals surface area contributed by atoms with Gasteiger partial charge in [-0.3, -0.25) is 9.55 Å². The van der Waals surface area contributed by atoms with E-state index in [1.165, 1.54) is 4.57 Å². The van der Waals surface area contributed by atoms with Crippen molar-refractivity contribution < 1.29 is 13.9 Å². The number of hydrogen-bond donors (Lipinski definition) is 0. The van der Waals surface area contributed by atoms with Crippen molar-refractivity contribution in [3.8, 4) is 11.5 Å². The molecule has 6 heteroatoms. The lowest BCUT2D eigenvalue weighted by Gasteiger charge is -2.14. The van der Waals surface area contributed by atoms with Crippen LogP contribution in [0.1, 0.15) is 30.2 Å². The van der Waals surface area contributed by atoms with E-state index in [2.05, 4.69) is 6.92 Å². The number of pyridine rings is 1. The maximum absolute atomic E-state index is 11.8. The Morgan fingerprint density at radius 2 is 1.79 bits per heavy atom. The Labute approximate surface area is 168 Å². The predicted molar refractivity (Wildman–Crippen MR) is 113 cm³/mol. The van der Waals surface area contributed by atoms with E-state index in [0.29, 0.717) is 23.5 Å². The summed E-state index contributed by atoms with van der Waals surface area (Å²) in [5.41, 5.74) is 4.56. The van der Waals surface area contributed by atoms with Gasteiger partial charge in [0.15, 0.2) is 17.1 Å². The highest BCUT2D eigenvalue weighted by Crippen LogP contribution is 2.35. The summed E-state index contributed by atoms with van der Waals surface area (Å²) < 4.78 is 17.9. The number of oxazole rings is 1. The number of aryl methyl sites for hydroxylation is 2. The van der Waals surface area contributed by atoms with Gasteiger partial charge in [0.2, 0.25) is 0 Å². The molecule has 0 spiro atoms. The Morgan fingerprint density at radius 3 is 2.48 bits per heavy atom. The summed E-state index contributed by atoms with van der Waals surface area (Å²) in [6.45, 7) is 2.14. The van der Waals surface area contributed by atoms with Gasteiger partial charge in [0.1, 0.15) is 0 Å². The quantitative estimate of drug-likeness (QED) is 0.491. The van der Waals surface area contributed by atoms with Crippen molar-refractivity contribution in [3.63, 3.8) is 0 Å². The zero-order valence-electron chi connectivity index (χ0n) is 17.1. The number of hydrogen-bond acceptors (Lipinski definition) is 5. The van der Waals surface area contributed by atoms with Crippen molar-refractivity contribution in [2.24, 2.45) is 7.05 Å². The minimum Gasteiger partial charge on any atom is -0.493 e. The molecule has 4 aromatic rings. The van der Waals surface area contributed by atoms with Gasteiger partial charge in [-0.2, -0.15) is 0 Å². The summed E-state index contributed by atoms with van der Waals surface area (Å²) in [5, 5.41) is 2.17. The summed E-state index contributed by atoms with van der Waals surface area (Å²) in [7, 11) is 4.99. The summed E-state index contributed by atoms with van der Waals surface area (Å²) >= 11 is 0. The van der Waals surface area contributed by atoms with E-state index < -0.39 is 0 Å². The molecule has 0 saturated carbocycles. The second kappa shape index (κ2) is 7.62. The standard InChI is InChI=1S/C23H24N2O4/c1-5-6-18-17-12-22(28-4)21(27-3)11-16(17)15(13-24-18)9-14-7-8-19-20(10-14)29-23(26)25(19)2/h7-8,10-13H,5-6,9H2,1-4H3. The number of benzene rings is 2. The zero-order chi connectivity index (χ0) is 20.5. The average molecular weight is 392 g/mol. The van der Waals surface area contributed by atoms with Crippen LogP contribution in [0, 0.1) is 0 Å². The Morgan fingerprint density at radius 1 is 1.07 bits per heavy atom. The lowest BCUT2D eigenvalue weighted by molar-refractivity contribution is 0.356. The van der Waals surface area contributed by atoms with Crippen LogP contribution < -0.4 is 15.2 Å². The molecule has 4 rings (SSSR count). The van der Waals surface area contributed by atoms with Crippen molar-refractivity contribution in [1.29, 1.82) is 0 Å². The molecular formula is C23H24N2O4. The van der Waals surface area contributed by atoms with E-state index in [0.717, 1.165) is 46.0 Å². The fraction of sp³-hybridized carbons (Fsp3) is 0.304. The van der Waals surface area contributed by atoms with Gasteiger partial charge < -0.3 is 13.9 Å². The monoisotopic (exact) mass is 392 g/mol. The van der Waals surface area contributed by atoms with E-state index in [1.54, 1.807) is 21.3 Å². The molecule has 0 saturated heterocycles. The third-order valence-electron chi connectivity index (χ3n) is 5.29. The number of rotatable bonds is 6. The first-order valence-electron chi connectivity index (χ1n) is 9.66. The zero-order valence-corrected chi connectivity index (χ0v) is 17.1. The highest BCUT2D eigenvalue weighted by Gasteiger charge is 2.14. The van der Waals surface area contributed by atoms with Gasteiger partial charge in [0, 0.05) is 24.3 Å². The predicted octanol–water partition coefficient (Wildman–Crippen LogP) is 4.24. The minimum absolute atomic E-state index is 0.356. The Bertz CT molecular complexity index is 1250. The van der Waals surface area contributed by atoms with Crippen LogP contribution in [0.15, 0.2) is 45.7 Å². The Balaban J connectivity index is 1.84. The van der Waals surface area contributed by atoms with Gasteiger partial charge in [-0.15, -0.1) is 0 Å². The second-order valence-electron chi connectivity index (χ2n) is 7.14. The molecule has 0 unspecified atom stereocenters. The fourth-order valence-electron chi connectivity index (χ4n) is 3.76. The third kappa shape index (κ3) is 3.35. The summed E-state index contributed by atoms with van der Waals surface area (Å²) in [5.74, 6) is 1.04. The number of fused-ring (bicyclic) bond motifs is 2. The summed E-state index contributed by atoms with van der Waals surface area (Å²) in [4.78, 5) is 16.5. The molecule has 2 aromatic heterocycles. The van der Waals surface area contributed by atoms with Crippen LogP contribution in [-0.4, -0.2) is 23.8 Å². The van der Waals surface area contributed by atoms with Crippen molar-refractivity contribution in [2.75, 3.05) is 14.2 Å². The topological polar surface area (TPSA) is 66.5 Å². The van der Waals surface area contributed by atoms with Crippen molar-refractivity contribution in [2.45, 2.75) is 26.2 Å². The van der Waals surface area contributed by atoms with E-state index in [9.17, 15) is 4.79 Å². The number of nitrogens with zero attached hydrogens (tertiary/aromatic N) is 2. The lowest BCUT2D eigenvalue weighted by atomic mass is 9.97. The molecule has 29 heavy (non-hydrogen) atoms. The highest BCUT2D eigenvalue weighted by molar-refractivity contribution is 5.91. The summed E-state index contributed by atoms with van der Waals surface area (Å²) in [6.07, 6.45) is 4.51. The minimum atomic E-state index is -0.356. The molecule has 0 radical (unpaired) electrons. The van der Waals surface area contributed by atoms with Crippen LogP contribution >= 0.6 is 0 Å². The van der Waals surface area contributed by atoms with Crippen LogP contribution in [0.3, 0.4) is 0 Å². The lowest BCUT2D eigenvalue weighted by Crippen LogP contribution is -2.08. The SMILES string of the molecule is CCCc1ncc(Cc2ccc3c(c2)oc(=O)n3C)c2cc(OC)c(OC)cc12. The normalized spacial score (nSPS) is 11.3. The first kappa shape index (κ1) is 19.1. The van der Waals surface area contributed by atoms with Gasteiger partial charge >= 0.3 is 5.76 Å². The van der Waals surface area contributed by atoms with Crippen LogP contribution in [-0.2, 0) is 19.9 Å². The first-order chi connectivity index (χ1) is 14.0. The van der Waals surface area contributed by atoms with Crippen molar-refractivity contribution in [3.05, 3.63) is 63.9 Å². The molecular weight excluding hydrogens is 368 g/mol. The van der Waals surface area contributed by atoms with Gasteiger partial charge in [-0.05, 0) is 53.6 Å². The number of methoxy groups -OCH3 is 2. The average Bonchev–Trinajstić information content (AvgIpc) is 3.02. The van der Waals surface area contributed by atoms with Crippen LogP contribution in [0.2, 0.25) is 0 Å². The van der Waals surface area contributed by atoms with Gasteiger partial charge in [-0.25, -0.2) is 4.79 Å². The Hall–Kier alpha value is -3.28. The largest absolute Gasteiger partial charge is 0.493 e. The molecule has 0 amide bonds. The maximum Gasteiger partial charge on any atom is 0.419 e.